The summed E-state index contributed by atoms with van der Waals surface area (Å²) in [6, 6.07) is 65.4. The minimum atomic E-state index is 0.617. The maximum Gasteiger partial charge on any atom is 0.164 e. The highest BCUT2D eigenvalue weighted by Crippen LogP contribution is 2.45. The van der Waals surface area contributed by atoms with Crippen LogP contribution in [0.5, 0.6) is 0 Å². The molecule has 57 heavy (non-hydrogen) atoms. The molecule has 8 aromatic carbocycles. The van der Waals surface area contributed by atoms with Crippen LogP contribution in [-0.2, 0) is 0 Å². The molecule has 12 aromatic rings. The lowest BCUT2D eigenvalue weighted by Gasteiger charge is -2.12. The number of furan rings is 1. The van der Waals surface area contributed by atoms with E-state index in [2.05, 4.69) is 130 Å². The van der Waals surface area contributed by atoms with Gasteiger partial charge in [0.15, 0.2) is 23.1 Å². The first-order chi connectivity index (χ1) is 28.3. The molecule has 266 valence electrons. The summed E-state index contributed by atoms with van der Waals surface area (Å²) in [5.41, 5.74) is 11.1. The Morgan fingerprint density at radius 3 is 1.63 bits per heavy atom. The van der Waals surface area contributed by atoms with Gasteiger partial charge in [-0.3, -0.25) is 0 Å². The van der Waals surface area contributed by atoms with E-state index in [0.717, 1.165) is 77.5 Å². The molecule has 4 aromatic heterocycles. The average molecular weight is 730 g/mol. The number of hydrogen-bond donors (Lipinski definition) is 0. The molecule has 6 nitrogen and oxygen atoms in total. The summed E-state index contributed by atoms with van der Waals surface area (Å²) in [6.45, 7) is 0. The molecule has 0 spiro atoms. The lowest BCUT2D eigenvalue weighted by Crippen LogP contribution is -2.01. The maximum absolute atomic E-state index is 6.72. The maximum atomic E-state index is 6.72. The first-order valence-corrected chi connectivity index (χ1v) is 19.1. The number of rotatable bonds is 5. The first kappa shape index (κ1) is 31.5. The van der Waals surface area contributed by atoms with Gasteiger partial charge in [0.2, 0.25) is 0 Å². The van der Waals surface area contributed by atoms with Gasteiger partial charge in [-0.1, -0.05) is 140 Å². The summed E-state index contributed by atoms with van der Waals surface area (Å²) in [5.74, 6) is 1.89. The first-order valence-electron chi connectivity index (χ1n) is 19.1. The van der Waals surface area contributed by atoms with Crippen LogP contribution < -0.4 is 0 Å². The predicted molar refractivity (Wildman–Crippen MR) is 232 cm³/mol. The normalized spacial score (nSPS) is 11.9. The van der Waals surface area contributed by atoms with E-state index in [1.54, 1.807) is 0 Å². The Kier molecular flexibility index (Phi) is 6.83. The lowest BCUT2D eigenvalue weighted by molar-refractivity contribution is 0.671. The van der Waals surface area contributed by atoms with Crippen molar-refractivity contribution in [3.63, 3.8) is 0 Å². The Labute approximate surface area is 326 Å². The molecule has 0 unspecified atom stereocenters. The van der Waals surface area contributed by atoms with E-state index >= 15 is 0 Å². The fourth-order valence-electron chi connectivity index (χ4n) is 8.65. The Morgan fingerprint density at radius 1 is 0.351 bits per heavy atom. The van der Waals surface area contributed by atoms with E-state index in [1.165, 1.54) is 16.2 Å². The molecule has 0 amide bonds. The van der Waals surface area contributed by atoms with E-state index in [4.69, 9.17) is 19.4 Å². The minimum Gasteiger partial charge on any atom is -0.454 e. The fourth-order valence-corrected chi connectivity index (χ4v) is 8.65. The Balaban J connectivity index is 1.14. The molecule has 0 atom stereocenters. The molecule has 4 heterocycles. The molecule has 0 N–H and O–H groups in total. The van der Waals surface area contributed by atoms with E-state index in [-0.39, 0.29) is 0 Å². The van der Waals surface area contributed by atoms with Crippen molar-refractivity contribution in [2.45, 2.75) is 0 Å². The number of nitrogens with zero attached hydrogens (tertiary/aromatic N) is 5. The molecule has 0 fully saturated rings. The van der Waals surface area contributed by atoms with Crippen molar-refractivity contribution < 1.29 is 4.42 Å². The Morgan fingerprint density at radius 2 is 0.895 bits per heavy atom. The van der Waals surface area contributed by atoms with Gasteiger partial charge in [0.25, 0.3) is 0 Å². The van der Waals surface area contributed by atoms with Crippen molar-refractivity contribution >= 4 is 65.6 Å². The van der Waals surface area contributed by atoms with E-state index in [0.29, 0.717) is 17.5 Å². The van der Waals surface area contributed by atoms with Gasteiger partial charge in [0, 0.05) is 60.4 Å². The molecule has 6 heteroatoms. The van der Waals surface area contributed by atoms with Crippen molar-refractivity contribution in [3.8, 4) is 45.5 Å². The number of aromatic nitrogens is 5. The lowest BCUT2D eigenvalue weighted by atomic mass is 10.1. The minimum absolute atomic E-state index is 0.617. The number of para-hydroxylation sites is 3. The molecular formula is C51H31N5O. The molecule has 0 aliphatic rings. The van der Waals surface area contributed by atoms with Gasteiger partial charge in [0.05, 0.1) is 22.1 Å². The summed E-state index contributed by atoms with van der Waals surface area (Å²) < 4.78 is 11.5. The molecule has 0 aliphatic carbocycles. The summed E-state index contributed by atoms with van der Waals surface area (Å²) in [7, 11) is 0. The summed E-state index contributed by atoms with van der Waals surface area (Å²) >= 11 is 0. The van der Waals surface area contributed by atoms with E-state index in [1.807, 2.05) is 66.7 Å². The smallest absolute Gasteiger partial charge is 0.164 e. The third-order valence-corrected chi connectivity index (χ3v) is 11.1. The Bertz CT molecular complexity index is 3450. The molecule has 0 saturated carbocycles. The van der Waals surface area contributed by atoms with Crippen LogP contribution in [0.25, 0.3) is 111 Å². The third kappa shape index (κ3) is 4.81. The summed E-state index contributed by atoms with van der Waals surface area (Å²) in [4.78, 5) is 15.0. The monoisotopic (exact) mass is 729 g/mol. The molecule has 12 rings (SSSR count). The largest absolute Gasteiger partial charge is 0.454 e. The molecular weight excluding hydrogens is 699 g/mol. The zero-order valence-electron chi connectivity index (χ0n) is 30.5. The van der Waals surface area contributed by atoms with Crippen molar-refractivity contribution in [1.29, 1.82) is 0 Å². The number of fused-ring (bicyclic) bond motifs is 11. The second-order valence-electron chi connectivity index (χ2n) is 14.4. The number of hydrogen-bond acceptors (Lipinski definition) is 4. The summed E-state index contributed by atoms with van der Waals surface area (Å²) in [6.07, 6.45) is 0. The van der Waals surface area contributed by atoms with E-state index in [9.17, 15) is 0 Å². The average Bonchev–Trinajstić information content (AvgIpc) is 3.95. The van der Waals surface area contributed by atoms with Crippen LogP contribution in [0, 0.1) is 0 Å². The molecule has 0 aliphatic heterocycles. The van der Waals surface area contributed by atoms with Crippen LogP contribution >= 0.6 is 0 Å². The highest BCUT2D eigenvalue weighted by atomic mass is 16.3. The van der Waals surface area contributed by atoms with Gasteiger partial charge in [0.1, 0.15) is 5.58 Å². The zero-order chi connectivity index (χ0) is 37.5. The third-order valence-electron chi connectivity index (χ3n) is 11.1. The predicted octanol–water partition coefficient (Wildman–Crippen LogP) is 13.0. The standard InChI is InChI=1S/C51H31N5O/c1-4-15-32(16-5-1)49-52-50(33-17-6-2-7-18-33)54-51(53-49)34-19-14-22-36(31-34)55-42-25-12-10-24-41(42)45-43(55)30-29-38-39-27-28-40-37-23-11-13-26-44(37)57-48(40)47(39)56(46(38)45)35-20-8-3-9-21-35/h1-31H. The van der Waals surface area contributed by atoms with Crippen molar-refractivity contribution in [2.24, 2.45) is 0 Å². The molecule has 0 bridgehead atoms. The van der Waals surface area contributed by atoms with E-state index < -0.39 is 0 Å². The van der Waals surface area contributed by atoms with Crippen LogP contribution in [0.4, 0.5) is 0 Å². The summed E-state index contributed by atoms with van der Waals surface area (Å²) in [5, 5.41) is 6.90. The topological polar surface area (TPSA) is 61.7 Å². The van der Waals surface area contributed by atoms with Gasteiger partial charge in [-0.25, -0.2) is 15.0 Å². The van der Waals surface area contributed by atoms with Gasteiger partial charge >= 0.3 is 0 Å². The van der Waals surface area contributed by atoms with Crippen LogP contribution in [0.2, 0.25) is 0 Å². The SMILES string of the molecule is c1ccc(-c2nc(-c3ccccc3)nc(-c3cccc(-n4c5ccccc5c5c4ccc4c6ccc7c8ccccc8oc7c6n(-c6ccccc6)c45)c3)n2)cc1. The quantitative estimate of drug-likeness (QED) is 0.177. The van der Waals surface area contributed by atoms with Crippen LogP contribution in [0.1, 0.15) is 0 Å². The highest BCUT2D eigenvalue weighted by molar-refractivity contribution is 6.29. The second kappa shape index (κ2) is 12.3. The van der Waals surface area contributed by atoms with Gasteiger partial charge in [-0.05, 0) is 48.5 Å². The highest BCUT2D eigenvalue weighted by Gasteiger charge is 2.24. The van der Waals surface area contributed by atoms with Gasteiger partial charge < -0.3 is 13.6 Å². The van der Waals surface area contributed by atoms with Crippen molar-refractivity contribution in [1.82, 2.24) is 24.1 Å². The van der Waals surface area contributed by atoms with Crippen LogP contribution in [0.15, 0.2) is 192 Å². The van der Waals surface area contributed by atoms with Crippen LogP contribution in [0.3, 0.4) is 0 Å². The van der Waals surface area contributed by atoms with Crippen LogP contribution in [-0.4, -0.2) is 24.1 Å². The Hall–Kier alpha value is -7.83. The molecule has 0 radical (unpaired) electrons. The zero-order valence-corrected chi connectivity index (χ0v) is 30.5. The van der Waals surface area contributed by atoms with Crippen molar-refractivity contribution in [2.75, 3.05) is 0 Å². The second-order valence-corrected chi connectivity index (χ2v) is 14.4. The van der Waals surface area contributed by atoms with Gasteiger partial charge in [-0.2, -0.15) is 0 Å². The fraction of sp³-hybridized carbons (Fsp3) is 0. The molecule has 0 saturated heterocycles. The van der Waals surface area contributed by atoms with Crippen molar-refractivity contribution in [3.05, 3.63) is 188 Å². The van der Waals surface area contributed by atoms with Gasteiger partial charge in [-0.15, -0.1) is 0 Å². The number of benzene rings is 8.